The zero-order chi connectivity index (χ0) is 13.0. The van der Waals surface area contributed by atoms with Gasteiger partial charge in [0.15, 0.2) is 0 Å². The van der Waals surface area contributed by atoms with Gasteiger partial charge in [0.2, 0.25) is 0 Å². The first-order valence-corrected chi connectivity index (χ1v) is 7.05. The van der Waals surface area contributed by atoms with Crippen molar-refractivity contribution >= 4 is 0 Å². The van der Waals surface area contributed by atoms with E-state index in [2.05, 4.69) is 31.3 Å². The fourth-order valence-corrected chi connectivity index (χ4v) is 3.05. The molecule has 2 rings (SSSR count). The van der Waals surface area contributed by atoms with Crippen molar-refractivity contribution in [2.24, 2.45) is 5.92 Å². The van der Waals surface area contributed by atoms with Crippen molar-refractivity contribution in [3.8, 4) is 5.75 Å². The Balaban J connectivity index is 1.96. The highest BCUT2D eigenvalue weighted by Gasteiger charge is 2.13. The second-order valence-electron chi connectivity index (χ2n) is 5.51. The Morgan fingerprint density at radius 1 is 1.28 bits per heavy atom. The Morgan fingerprint density at radius 2 is 2.00 bits per heavy atom. The van der Waals surface area contributed by atoms with E-state index in [0.717, 1.165) is 11.7 Å². The molecule has 0 radical (unpaired) electrons. The lowest BCUT2D eigenvalue weighted by Gasteiger charge is -2.22. The molecule has 0 aliphatic carbocycles. The smallest absolute Gasteiger partial charge is 0.124 e. The first kappa shape index (κ1) is 13.4. The van der Waals surface area contributed by atoms with Gasteiger partial charge in [-0.15, -0.1) is 0 Å². The minimum atomic E-state index is 0.862. The third-order valence-electron chi connectivity index (χ3n) is 3.96. The van der Waals surface area contributed by atoms with Gasteiger partial charge in [0, 0.05) is 0 Å². The lowest BCUT2D eigenvalue weighted by molar-refractivity contribution is 0.358. The fourth-order valence-electron chi connectivity index (χ4n) is 3.05. The van der Waals surface area contributed by atoms with Gasteiger partial charge in [0.05, 0.1) is 7.11 Å². The molecular weight excluding hydrogens is 222 g/mol. The van der Waals surface area contributed by atoms with Crippen molar-refractivity contribution in [3.05, 3.63) is 28.8 Å². The third kappa shape index (κ3) is 3.26. The van der Waals surface area contributed by atoms with Crippen LogP contribution in [0.3, 0.4) is 0 Å². The van der Waals surface area contributed by atoms with Crippen molar-refractivity contribution in [2.45, 2.75) is 39.5 Å². The molecule has 1 fully saturated rings. The van der Waals surface area contributed by atoms with Crippen molar-refractivity contribution in [3.63, 3.8) is 0 Å². The number of benzene rings is 1. The second kappa shape index (κ2) is 6.24. The van der Waals surface area contributed by atoms with Crippen molar-refractivity contribution in [1.82, 2.24) is 5.32 Å². The minimum Gasteiger partial charge on any atom is -0.496 e. The molecule has 18 heavy (non-hydrogen) atoms. The van der Waals surface area contributed by atoms with E-state index in [0.29, 0.717) is 0 Å². The average Bonchev–Trinajstić information content (AvgIpc) is 2.37. The zero-order valence-corrected chi connectivity index (χ0v) is 11.9. The number of hydrogen-bond donors (Lipinski definition) is 1. The number of rotatable bonds is 4. The summed E-state index contributed by atoms with van der Waals surface area (Å²) in [6.45, 7) is 6.68. The maximum absolute atomic E-state index is 5.42. The standard InChI is InChI=1S/C16H25NO/c1-12-9-15(10-13(2)16(12)18-3)7-6-14-5-4-8-17-11-14/h9-10,14,17H,4-8,11H2,1-3H3. The van der Waals surface area contributed by atoms with Gasteiger partial charge in [0.1, 0.15) is 5.75 Å². The number of piperidine rings is 1. The number of nitrogens with one attached hydrogen (secondary N) is 1. The first-order chi connectivity index (χ1) is 8.70. The van der Waals surface area contributed by atoms with Crippen LogP contribution in [0.1, 0.15) is 36.0 Å². The molecule has 1 aliphatic rings. The molecule has 0 amide bonds. The van der Waals surface area contributed by atoms with Gasteiger partial charge in [-0.1, -0.05) is 12.1 Å². The van der Waals surface area contributed by atoms with Crippen LogP contribution in [0, 0.1) is 19.8 Å². The predicted molar refractivity (Wildman–Crippen MR) is 76.4 cm³/mol. The molecule has 0 saturated carbocycles. The summed E-state index contributed by atoms with van der Waals surface area (Å²) in [5.74, 6) is 1.90. The molecule has 0 aromatic heterocycles. The predicted octanol–water partition coefficient (Wildman–Crippen LogP) is 3.24. The summed E-state index contributed by atoms with van der Waals surface area (Å²) in [6.07, 6.45) is 5.22. The summed E-state index contributed by atoms with van der Waals surface area (Å²) >= 11 is 0. The van der Waals surface area contributed by atoms with Crippen LogP contribution in [-0.4, -0.2) is 20.2 Å². The van der Waals surface area contributed by atoms with Crippen molar-refractivity contribution in [1.29, 1.82) is 0 Å². The lowest BCUT2D eigenvalue weighted by Crippen LogP contribution is -2.29. The molecule has 0 spiro atoms. The normalized spacial score (nSPS) is 19.8. The molecule has 1 aromatic rings. The van der Waals surface area contributed by atoms with E-state index in [1.807, 2.05) is 0 Å². The van der Waals surface area contributed by atoms with Gasteiger partial charge >= 0.3 is 0 Å². The van der Waals surface area contributed by atoms with Crippen molar-refractivity contribution < 1.29 is 4.74 Å². The molecule has 0 bridgehead atoms. The molecule has 1 N–H and O–H groups in total. The maximum Gasteiger partial charge on any atom is 0.124 e. The summed E-state index contributed by atoms with van der Waals surface area (Å²) in [5.41, 5.74) is 3.97. The molecule has 1 atom stereocenters. The number of methoxy groups -OCH3 is 1. The summed E-state index contributed by atoms with van der Waals surface area (Å²) in [6, 6.07) is 4.56. The van der Waals surface area contributed by atoms with Gasteiger partial charge in [-0.25, -0.2) is 0 Å². The molecule has 1 unspecified atom stereocenters. The van der Waals surface area contributed by atoms with Crippen molar-refractivity contribution in [2.75, 3.05) is 20.2 Å². The van der Waals surface area contributed by atoms with Crippen LogP contribution in [0.2, 0.25) is 0 Å². The van der Waals surface area contributed by atoms with Gasteiger partial charge in [-0.05, 0) is 75.2 Å². The summed E-state index contributed by atoms with van der Waals surface area (Å²) in [5, 5.41) is 3.49. The van der Waals surface area contributed by atoms with Gasteiger partial charge in [0.25, 0.3) is 0 Å². The summed E-state index contributed by atoms with van der Waals surface area (Å²) in [7, 11) is 1.75. The van der Waals surface area contributed by atoms with E-state index in [9.17, 15) is 0 Å². The van der Waals surface area contributed by atoms with E-state index in [4.69, 9.17) is 4.74 Å². The molecule has 1 aromatic carbocycles. The summed E-state index contributed by atoms with van der Waals surface area (Å²) < 4.78 is 5.42. The number of aryl methyl sites for hydroxylation is 3. The quantitative estimate of drug-likeness (QED) is 0.882. The van der Waals surface area contributed by atoms with E-state index in [1.165, 1.54) is 55.5 Å². The molecule has 1 aliphatic heterocycles. The van der Waals surface area contributed by atoms with Crippen LogP contribution in [0.25, 0.3) is 0 Å². The Bertz CT molecular complexity index is 371. The summed E-state index contributed by atoms with van der Waals surface area (Å²) in [4.78, 5) is 0. The third-order valence-corrected chi connectivity index (χ3v) is 3.96. The molecular formula is C16H25NO. The Kier molecular flexibility index (Phi) is 4.65. The second-order valence-corrected chi connectivity index (χ2v) is 5.51. The Hall–Kier alpha value is -1.02. The van der Waals surface area contributed by atoms with Crippen LogP contribution in [0.5, 0.6) is 5.75 Å². The van der Waals surface area contributed by atoms with E-state index >= 15 is 0 Å². The van der Waals surface area contributed by atoms with Crippen LogP contribution >= 0.6 is 0 Å². The highest BCUT2D eigenvalue weighted by molar-refractivity contribution is 5.43. The van der Waals surface area contributed by atoms with Crippen LogP contribution in [-0.2, 0) is 6.42 Å². The van der Waals surface area contributed by atoms with Crippen LogP contribution in [0.4, 0.5) is 0 Å². The zero-order valence-electron chi connectivity index (χ0n) is 11.9. The van der Waals surface area contributed by atoms with Crippen LogP contribution in [0.15, 0.2) is 12.1 Å². The molecule has 2 nitrogen and oxygen atoms in total. The number of ether oxygens (including phenoxy) is 1. The number of hydrogen-bond acceptors (Lipinski definition) is 2. The fraction of sp³-hybridized carbons (Fsp3) is 0.625. The molecule has 100 valence electrons. The molecule has 2 heteroatoms. The maximum atomic E-state index is 5.42. The Labute approximate surface area is 111 Å². The van der Waals surface area contributed by atoms with Gasteiger partial charge in [-0.3, -0.25) is 0 Å². The SMILES string of the molecule is COc1c(C)cc(CCC2CCCNC2)cc1C. The van der Waals surface area contributed by atoms with E-state index in [1.54, 1.807) is 7.11 Å². The van der Waals surface area contributed by atoms with Crippen LogP contribution < -0.4 is 10.1 Å². The minimum absolute atomic E-state index is 0.862. The lowest BCUT2D eigenvalue weighted by atomic mass is 9.92. The van der Waals surface area contributed by atoms with Gasteiger partial charge < -0.3 is 10.1 Å². The molecule has 1 heterocycles. The average molecular weight is 247 g/mol. The van der Waals surface area contributed by atoms with E-state index < -0.39 is 0 Å². The monoisotopic (exact) mass is 247 g/mol. The first-order valence-electron chi connectivity index (χ1n) is 7.05. The Morgan fingerprint density at radius 3 is 2.56 bits per heavy atom. The topological polar surface area (TPSA) is 21.3 Å². The van der Waals surface area contributed by atoms with E-state index in [-0.39, 0.29) is 0 Å². The largest absolute Gasteiger partial charge is 0.496 e. The highest BCUT2D eigenvalue weighted by atomic mass is 16.5. The van der Waals surface area contributed by atoms with Gasteiger partial charge in [-0.2, -0.15) is 0 Å². The highest BCUT2D eigenvalue weighted by Crippen LogP contribution is 2.26. The molecule has 1 saturated heterocycles.